The molecule has 1 unspecified atom stereocenters. The lowest BCUT2D eigenvalue weighted by Crippen LogP contribution is -2.31. The second-order valence-corrected chi connectivity index (χ2v) is 6.18. The molecular weight excluding hydrogens is 294 g/mol. The van der Waals surface area contributed by atoms with E-state index in [1.807, 2.05) is 58.7 Å². The molecule has 5 nitrogen and oxygen atoms in total. The fourth-order valence-corrected chi connectivity index (χ4v) is 3.02. The van der Waals surface area contributed by atoms with Gasteiger partial charge in [0, 0.05) is 24.4 Å². The predicted molar refractivity (Wildman–Crippen MR) is 92.5 cm³/mol. The Morgan fingerprint density at radius 1 is 1.14 bits per heavy atom. The van der Waals surface area contributed by atoms with Crippen LogP contribution in [0.4, 0.5) is 5.82 Å². The lowest BCUT2D eigenvalue weighted by atomic mass is 10.2. The van der Waals surface area contributed by atoms with E-state index < -0.39 is 0 Å². The minimum atomic E-state index is 0.414. The van der Waals surface area contributed by atoms with E-state index in [1.54, 1.807) is 0 Å². The summed E-state index contributed by atoms with van der Waals surface area (Å²) in [6, 6.07) is 14.4. The highest BCUT2D eigenvalue weighted by atomic mass is 32.2. The Kier molecular flexibility index (Phi) is 4.29. The second-order valence-electron chi connectivity index (χ2n) is 5.27. The lowest BCUT2D eigenvalue weighted by molar-refractivity contribution is 0.737. The van der Waals surface area contributed by atoms with Crippen LogP contribution in [0.25, 0.3) is 17.0 Å². The highest BCUT2D eigenvalue weighted by molar-refractivity contribution is 7.98. The van der Waals surface area contributed by atoms with E-state index in [0.717, 1.165) is 28.6 Å². The number of hydrogen-bond donors (Lipinski definition) is 0. The number of thioether (sulfide) groups is 1. The van der Waals surface area contributed by atoms with Crippen molar-refractivity contribution in [2.45, 2.75) is 13.0 Å². The summed E-state index contributed by atoms with van der Waals surface area (Å²) in [5.74, 6) is 2.75. The monoisotopic (exact) mass is 313 g/mol. The predicted octanol–water partition coefficient (Wildman–Crippen LogP) is 2.98. The third-order valence-corrected chi connectivity index (χ3v) is 4.53. The zero-order valence-corrected chi connectivity index (χ0v) is 13.8. The summed E-state index contributed by atoms with van der Waals surface area (Å²) in [5.41, 5.74) is 1.77. The van der Waals surface area contributed by atoms with E-state index >= 15 is 0 Å². The Labute approximate surface area is 134 Å². The van der Waals surface area contributed by atoms with Crippen LogP contribution < -0.4 is 4.90 Å². The zero-order valence-electron chi connectivity index (χ0n) is 13.0. The molecular formula is C16H19N5S. The van der Waals surface area contributed by atoms with Crippen LogP contribution in [0.15, 0.2) is 42.5 Å². The Morgan fingerprint density at radius 3 is 2.64 bits per heavy atom. The number of fused-ring (bicyclic) bond motifs is 1. The quantitative estimate of drug-likeness (QED) is 0.724. The number of nitrogens with zero attached hydrogens (tertiary/aromatic N) is 5. The molecule has 0 spiro atoms. The molecule has 1 aromatic carbocycles. The van der Waals surface area contributed by atoms with Crippen molar-refractivity contribution in [1.29, 1.82) is 0 Å². The fourth-order valence-electron chi connectivity index (χ4n) is 2.31. The second kappa shape index (κ2) is 6.36. The van der Waals surface area contributed by atoms with E-state index in [9.17, 15) is 0 Å². The number of aromatic nitrogens is 4. The van der Waals surface area contributed by atoms with Gasteiger partial charge in [0.25, 0.3) is 0 Å². The SMILES string of the molecule is CSCC(C)N(C)c1ccc2nnc(-c3ccccc3)n2n1. The smallest absolute Gasteiger partial charge is 0.185 e. The van der Waals surface area contributed by atoms with Crippen LogP contribution in [0.3, 0.4) is 0 Å². The van der Waals surface area contributed by atoms with Crippen molar-refractivity contribution in [3.63, 3.8) is 0 Å². The van der Waals surface area contributed by atoms with E-state index in [0.29, 0.717) is 6.04 Å². The van der Waals surface area contributed by atoms with Gasteiger partial charge in [0.2, 0.25) is 0 Å². The van der Waals surface area contributed by atoms with Crippen LogP contribution in [0, 0.1) is 0 Å². The molecule has 3 aromatic rings. The molecule has 0 N–H and O–H groups in total. The van der Waals surface area contributed by atoms with Gasteiger partial charge >= 0.3 is 0 Å². The van der Waals surface area contributed by atoms with Gasteiger partial charge in [-0.25, -0.2) is 0 Å². The maximum atomic E-state index is 4.72. The topological polar surface area (TPSA) is 46.3 Å². The summed E-state index contributed by atoms with van der Waals surface area (Å²) in [4.78, 5) is 2.19. The van der Waals surface area contributed by atoms with E-state index in [2.05, 4.69) is 35.3 Å². The minimum Gasteiger partial charge on any atom is -0.355 e. The van der Waals surface area contributed by atoms with Crippen molar-refractivity contribution in [3.8, 4) is 11.4 Å². The average molecular weight is 313 g/mol. The van der Waals surface area contributed by atoms with E-state index in [4.69, 9.17) is 5.10 Å². The molecule has 0 bridgehead atoms. The Morgan fingerprint density at radius 2 is 1.91 bits per heavy atom. The summed E-state index contributed by atoms with van der Waals surface area (Å²) < 4.78 is 1.81. The highest BCUT2D eigenvalue weighted by Crippen LogP contribution is 2.20. The zero-order chi connectivity index (χ0) is 15.5. The van der Waals surface area contributed by atoms with Gasteiger partial charge in [0.1, 0.15) is 5.82 Å². The highest BCUT2D eigenvalue weighted by Gasteiger charge is 2.14. The molecule has 0 aliphatic rings. The summed E-state index contributed by atoms with van der Waals surface area (Å²) in [5, 5.41) is 13.2. The Balaban J connectivity index is 2.02. The molecule has 114 valence electrons. The summed E-state index contributed by atoms with van der Waals surface area (Å²) in [6.07, 6.45) is 2.12. The molecule has 0 saturated carbocycles. The van der Waals surface area contributed by atoms with Crippen LogP contribution in [0.1, 0.15) is 6.92 Å². The third-order valence-electron chi connectivity index (χ3n) is 3.71. The van der Waals surface area contributed by atoms with Crippen LogP contribution in [0.2, 0.25) is 0 Å². The molecule has 0 radical (unpaired) electrons. The Hall–Kier alpha value is -2.08. The van der Waals surface area contributed by atoms with Gasteiger partial charge in [-0.2, -0.15) is 16.3 Å². The maximum absolute atomic E-state index is 4.72. The van der Waals surface area contributed by atoms with Gasteiger partial charge < -0.3 is 4.90 Å². The fraction of sp³-hybridized carbons (Fsp3) is 0.312. The number of hydrogen-bond acceptors (Lipinski definition) is 5. The molecule has 6 heteroatoms. The van der Waals surface area contributed by atoms with E-state index in [1.165, 1.54) is 0 Å². The maximum Gasteiger partial charge on any atom is 0.185 e. The first-order valence-corrected chi connectivity index (χ1v) is 8.59. The van der Waals surface area contributed by atoms with Gasteiger partial charge in [-0.05, 0) is 25.3 Å². The molecule has 0 aliphatic heterocycles. The molecule has 0 saturated heterocycles. The van der Waals surface area contributed by atoms with E-state index in [-0.39, 0.29) is 0 Å². The first-order chi connectivity index (χ1) is 10.7. The van der Waals surface area contributed by atoms with Crippen molar-refractivity contribution in [2.75, 3.05) is 24.0 Å². The normalized spacial score (nSPS) is 12.5. The molecule has 1 atom stereocenters. The van der Waals surface area contributed by atoms with Crippen molar-refractivity contribution in [2.24, 2.45) is 0 Å². The van der Waals surface area contributed by atoms with Crippen LogP contribution in [-0.4, -0.2) is 44.9 Å². The number of anilines is 1. The number of rotatable bonds is 5. The average Bonchev–Trinajstić information content (AvgIpc) is 2.98. The molecule has 0 fully saturated rings. The van der Waals surface area contributed by atoms with Crippen molar-refractivity contribution >= 4 is 23.2 Å². The summed E-state index contributed by atoms with van der Waals surface area (Å²) in [7, 11) is 2.07. The lowest BCUT2D eigenvalue weighted by Gasteiger charge is -2.25. The standard InChI is InChI=1S/C16H19N5S/c1-12(11-22-3)20(2)15-10-9-14-17-18-16(21(14)19-15)13-7-5-4-6-8-13/h4-10,12H,11H2,1-3H3. The van der Waals surface area contributed by atoms with Crippen LogP contribution in [0.5, 0.6) is 0 Å². The van der Waals surface area contributed by atoms with Crippen molar-refractivity contribution < 1.29 is 0 Å². The van der Waals surface area contributed by atoms with Crippen LogP contribution >= 0.6 is 11.8 Å². The molecule has 0 amide bonds. The van der Waals surface area contributed by atoms with Crippen molar-refractivity contribution in [1.82, 2.24) is 19.8 Å². The number of benzene rings is 1. The first-order valence-electron chi connectivity index (χ1n) is 7.20. The summed E-state index contributed by atoms with van der Waals surface area (Å²) in [6.45, 7) is 2.20. The molecule has 2 heterocycles. The van der Waals surface area contributed by atoms with Gasteiger partial charge in [0.15, 0.2) is 11.5 Å². The minimum absolute atomic E-state index is 0.414. The summed E-state index contributed by atoms with van der Waals surface area (Å²) >= 11 is 1.84. The molecule has 3 rings (SSSR count). The third kappa shape index (κ3) is 2.78. The van der Waals surface area contributed by atoms with Gasteiger partial charge in [-0.3, -0.25) is 0 Å². The largest absolute Gasteiger partial charge is 0.355 e. The molecule has 2 aromatic heterocycles. The van der Waals surface area contributed by atoms with Gasteiger partial charge in [0.05, 0.1) is 0 Å². The van der Waals surface area contributed by atoms with Gasteiger partial charge in [-0.1, -0.05) is 30.3 Å². The molecule has 0 aliphatic carbocycles. The van der Waals surface area contributed by atoms with Crippen LogP contribution in [-0.2, 0) is 0 Å². The molecule has 22 heavy (non-hydrogen) atoms. The van der Waals surface area contributed by atoms with Crippen molar-refractivity contribution in [3.05, 3.63) is 42.5 Å². The van der Waals surface area contributed by atoms with Gasteiger partial charge in [-0.15, -0.1) is 15.3 Å². The Bertz CT molecular complexity index is 756. The first kappa shape index (κ1) is 14.8.